The van der Waals surface area contributed by atoms with Gasteiger partial charge in [-0.2, -0.15) is 0 Å². The van der Waals surface area contributed by atoms with Gasteiger partial charge in [-0.3, -0.25) is 4.98 Å². The van der Waals surface area contributed by atoms with E-state index >= 15 is 0 Å². The van der Waals surface area contributed by atoms with E-state index in [2.05, 4.69) is 53.6 Å². The van der Waals surface area contributed by atoms with E-state index in [0.29, 0.717) is 11.8 Å². The molecule has 0 amide bonds. The standard InChI is InChI=1S/C21H28N2O.ClH/c1-2-3-10-20-21(11-7-13-23-20)24-16-18-15-22-14-12-19(18)17-8-5-4-6-9-17;/h4-9,11,13,18-19,22H,2-3,10,12,14-16H2,1H3;1H. The summed E-state index contributed by atoms with van der Waals surface area (Å²) in [7, 11) is 0. The third kappa shape index (κ3) is 5.45. The van der Waals surface area contributed by atoms with Gasteiger partial charge in [0.15, 0.2) is 0 Å². The highest BCUT2D eigenvalue weighted by molar-refractivity contribution is 5.85. The molecule has 1 aromatic carbocycles. The number of benzene rings is 1. The van der Waals surface area contributed by atoms with Crippen LogP contribution in [0.3, 0.4) is 0 Å². The molecule has 3 nitrogen and oxygen atoms in total. The van der Waals surface area contributed by atoms with E-state index < -0.39 is 0 Å². The fraction of sp³-hybridized carbons (Fsp3) is 0.476. The highest BCUT2D eigenvalue weighted by atomic mass is 35.5. The van der Waals surface area contributed by atoms with Gasteiger partial charge in [0.25, 0.3) is 0 Å². The molecule has 3 rings (SSSR count). The fourth-order valence-corrected chi connectivity index (χ4v) is 3.52. The van der Waals surface area contributed by atoms with Crippen LogP contribution in [0.2, 0.25) is 0 Å². The predicted molar refractivity (Wildman–Crippen MR) is 106 cm³/mol. The van der Waals surface area contributed by atoms with Crippen LogP contribution in [0.4, 0.5) is 0 Å². The minimum atomic E-state index is 0. The average molecular weight is 361 g/mol. The molecule has 136 valence electrons. The molecule has 4 heteroatoms. The third-order valence-electron chi connectivity index (χ3n) is 4.90. The Kier molecular flexibility index (Phi) is 8.23. The minimum absolute atomic E-state index is 0. The van der Waals surface area contributed by atoms with E-state index in [-0.39, 0.29) is 12.4 Å². The fourth-order valence-electron chi connectivity index (χ4n) is 3.52. The maximum atomic E-state index is 6.22. The molecular formula is C21H29ClN2O. The van der Waals surface area contributed by atoms with Crippen molar-refractivity contribution in [3.63, 3.8) is 0 Å². The Morgan fingerprint density at radius 2 is 2.00 bits per heavy atom. The molecule has 2 unspecified atom stereocenters. The smallest absolute Gasteiger partial charge is 0.140 e. The van der Waals surface area contributed by atoms with E-state index in [9.17, 15) is 0 Å². The molecular weight excluding hydrogens is 332 g/mol. The van der Waals surface area contributed by atoms with Gasteiger partial charge in [0.05, 0.1) is 12.3 Å². The van der Waals surface area contributed by atoms with Gasteiger partial charge < -0.3 is 10.1 Å². The Bertz CT molecular complexity index is 620. The topological polar surface area (TPSA) is 34.1 Å². The Labute approximate surface area is 157 Å². The maximum Gasteiger partial charge on any atom is 0.140 e. The average Bonchev–Trinajstić information content (AvgIpc) is 2.66. The number of halogens is 1. The van der Waals surface area contributed by atoms with Gasteiger partial charge in [-0.05, 0) is 49.4 Å². The van der Waals surface area contributed by atoms with Crippen LogP contribution >= 0.6 is 12.4 Å². The lowest BCUT2D eigenvalue weighted by Crippen LogP contribution is -2.38. The third-order valence-corrected chi connectivity index (χ3v) is 4.90. The Hall–Kier alpha value is -1.58. The summed E-state index contributed by atoms with van der Waals surface area (Å²) >= 11 is 0. The monoisotopic (exact) mass is 360 g/mol. The van der Waals surface area contributed by atoms with Crippen LogP contribution in [0.1, 0.15) is 43.4 Å². The van der Waals surface area contributed by atoms with E-state index in [4.69, 9.17) is 4.74 Å². The summed E-state index contributed by atoms with van der Waals surface area (Å²) in [6, 6.07) is 14.9. The van der Waals surface area contributed by atoms with Crippen molar-refractivity contribution in [2.45, 2.75) is 38.5 Å². The van der Waals surface area contributed by atoms with E-state index in [1.807, 2.05) is 12.3 Å². The summed E-state index contributed by atoms with van der Waals surface area (Å²) in [5.41, 5.74) is 2.53. The Morgan fingerprint density at radius 1 is 1.16 bits per heavy atom. The van der Waals surface area contributed by atoms with Crippen molar-refractivity contribution in [3.8, 4) is 5.75 Å². The number of unbranched alkanes of at least 4 members (excludes halogenated alkanes) is 1. The molecule has 1 aliphatic heterocycles. The zero-order valence-electron chi connectivity index (χ0n) is 15.0. The second kappa shape index (κ2) is 10.4. The molecule has 25 heavy (non-hydrogen) atoms. The molecule has 2 heterocycles. The molecule has 0 bridgehead atoms. The van der Waals surface area contributed by atoms with Gasteiger partial charge in [0.1, 0.15) is 5.75 Å². The van der Waals surface area contributed by atoms with Crippen molar-refractivity contribution in [2.24, 2.45) is 5.92 Å². The molecule has 0 aliphatic carbocycles. The number of aryl methyl sites for hydroxylation is 1. The Morgan fingerprint density at radius 3 is 2.80 bits per heavy atom. The van der Waals surface area contributed by atoms with Gasteiger partial charge in [-0.25, -0.2) is 0 Å². The molecule has 1 N–H and O–H groups in total. The summed E-state index contributed by atoms with van der Waals surface area (Å²) in [6.07, 6.45) is 6.38. The molecule has 1 saturated heterocycles. The van der Waals surface area contributed by atoms with Gasteiger partial charge in [-0.15, -0.1) is 12.4 Å². The van der Waals surface area contributed by atoms with Gasteiger partial charge in [0.2, 0.25) is 0 Å². The first-order chi connectivity index (χ1) is 11.9. The van der Waals surface area contributed by atoms with Crippen LogP contribution in [-0.2, 0) is 6.42 Å². The van der Waals surface area contributed by atoms with Gasteiger partial charge >= 0.3 is 0 Å². The predicted octanol–water partition coefficient (Wildman–Crippen LogP) is 4.62. The molecule has 1 aromatic heterocycles. The highest BCUT2D eigenvalue weighted by Crippen LogP contribution is 2.31. The maximum absolute atomic E-state index is 6.22. The quantitative estimate of drug-likeness (QED) is 0.782. The largest absolute Gasteiger partial charge is 0.491 e. The molecule has 0 radical (unpaired) electrons. The van der Waals surface area contributed by atoms with Crippen molar-refractivity contribution in [1.82, 2.24) is 10.3 Å². The number of nitrogens with zero attached hydrogens (tertiary/aromatic N) is 1. The van der Waals surface area contributed by atoms with E-state index in [1.165, 1.54) is 18.4 Å². The van der Waals surface area contributed by atoms with Crippen molar-refractivity contribution < 1.29 is 4.74 Å². The van der Waals surface area contributed by atoms with Crippen LogP contribution in [0.25, 0.3) is 0 Å². The van der Waals surface area contributed by atoms with E-state index in [0.717, 1.165) is 44.0 Å². The second-order valence-electron chi connectivity index (χ2n) is 6.63. The first kappa shape index (κ1) is 19.7. The number of pyridine rings is 1. The molecule has 0 spiro atoms. The van der Waals surface area contributed by atoms with Crippen LogP contribution in [0, 0.1) is 5.92 Å². The normalized spacial score (nSPS) is 19.9. The lowest BCUT2D eigenvalue weighted by molar-refractivity contribution is 0.195. The molecule has 1 aliphatic rings. The van der Waals surface area contributed by atoms with E-state index in [1.54, 1.807) is 0 Å². The lowest BCUT2D eigenvalue weighted by Gasteiger charge is -2.32. The number of hydrogen-bond acceptors (Lipinski definition) is 3. The number of rotatable bonds is 7. The summed E-state index contributed by atoms with van der Waals surface area (Å²) in [5.74, 6) is 2.03. The molecule has 2 aromatic rings. The summed E-state index contributed by atoms with van der Waals surface area (Å²) in [4.78, 5) is 4.52. The van der Waals surface area contributed by atoms with Crippen molar-refractivity contribution in [1.29, 1.82) is 0 Å². The molecule has 1 fully saturated rings. The zero-order valence-corrected chi connectivity index (χ0v) is 15.8. The van der Waals surface area contributed by atoms with Gasteiger partial charge in [0, 0.05) is 18.7 Å². The molecule has 0 saturated carbocycles. The first-order valence-electron chi connectivity index (χ1n) is 9.21. The number of piperidine rings is 1. The summed E-state index contributed by atoms with van der Waals surface area (Å²) < 4.78 is 6.22. The van der Waals surface area contributed by atoms with Crippen LogP contribution < -0.4 is 10.1 Å². The lowest BCUT2D eigenvalue weighted by atomic mass is 9.81. The van der Waals surface area contributed by atoms with Crippen LogP contribution in [0.15, 0.2) is 48.7 Å². The minimum Gasteiger partial charge on any atom is -0.491 e. The SMILES string of the molecule is CCCCc1ncccc1OCC1CNCCC1c1ccccc1.Cl. The van der Waals surface area contributed by atoms with Crippen molar-refractivity contribution >= 4 is 12.4 Å². The number of nitrogens with one attached hydrogen (secondary N) is 1. The number of aromatic nitrogens is 1. The molecule has 2 atom stereocenters. The number of ether oxygens (including phenoxy) is 1. The van der Waals surface area contributed by atoms with Crippen molar-refractivity contribution in [3.05, 3.63) is 59.9 Å². The summed E-state index contributed by atoms with van der Waals surface area (Å²) in [6.45, 7) is 5.06. The Balaban J connectivity index is 0.00000225. The number of hydrogen-bond donors (Lipinski definition) is 1. The first-order valence-corrected chi connectivity index (χ1v) is 9.21. The van der Waals surface area contributed by atoms with Crippen LogP contribution in [0.5, 0.6) is 5.75 Å². The summed E-state index contributed by atoms with van der Waals surface area (Å²) in [5, 5.41) is 3.52. The van der Waals surface area contributed by atoms with Crippen molar-refractivity contribution in [2.75, 3.05) is 19.7 Å². The second-order valence-corrected chi connectivity index (χ2v) is 6.63. The zero-order chi connectivity index (χ0) is 16.6. The van der Waals surface area contributed by atoms with Gasteiger partial charge in [-0.1, -0.05) is 43.7 Å². The van der Waals surface area contributed by atoms with Crippen LogP contribution in [-0.4, -0.2) is 24.7 Å². The highest BCUT2D eigenvalue weighted by Gasteiger charge is 2.27.